The molecule has 1 aromatic heterocycles. The van der Waals surface area contributed by atoms with Crippen molar-refractivity contribution in [3.63, 3.8) is 0 Å². The van der Waals surface area contributed by atoms with Gasteiger partial charge in [0.15, 0.2) is 12.3 Å². The molecular formula is C17H30N2O4. The molecule has 1 amide bonds. The number of ether oxygens (including phenoxy) is 2. The summed E-state index contributed by atoms with van der Waals surface area (Å²) in [6.07, 6.45) is 1.20. The van der Waals surface area contributed by atoms with E-state index < -0.39 is 18.2 Å². The van der Waals surface area contributed by atoms with Crippen molar-refractivity contribution in [1.82, 2.24) is 9.88 Å². The molecule has 1 N–H and O–H groups in total. The molecule has 1 aliphatic rings. The zero-order valence-electron chi connectivity index (χ0n) is 15.3. The van der Waals surface area contributed by atoms with Crippen LogP contribution >= 0.6 is 0 Å². The summed E-state index contributed by atoms with van der Waals surface area (Å²) >= 11 is 0. The van der Waals surface area contributed by atoms with E-state index in [4.69, 9.17) is 9.47 Å². The van der Waals surface area contributed by atoms with Crippen molar-refractivity contribution in [2.24, 2.45) is 0 Å². The minimum atomic E-state index is -0.813. The van der Waals surface area contributed by atoms with E-state index in [1.165, 1.54) is 0 Å². The first kappa shape index (κ1) is 21.2. The van der Waals surface area contributed by atoms with Crippen LogP contribution in [0.15, 0.2) is 12.3 Å². The maximum atomic E-state index is 12.0. The van der Waals surface area contributed by atoms with E-state index in [1.54, 1.807) is 17.7 Å². The van der Waals surface area contributed by atoms with Gasteiger partial charge in [-0.05, 0) is 32.4 Å². The molecule has 2 unspecified atom stereocenters. The monoisotopic (exact) mass is 326 g/mol. The van der Waals surface area contributed by atoms with E-state index in [1.807, 2.05) is 47.6 Å². The molecule has 23 heavy (non-hydrogen) atoms. The number of carbonyl (C=O) groups is 2. The quantitative estimate of drug-likeness (QED) is 0.863. The highest BCUT2D eigenvalue weighted by Gasteiger charge is 2.39. The molecule has 132 valence electrons. The number of hydrogen-bond acceptors (Lipinski definition) is 4. The largest absolute Gasteiger partial charge is 0.464 e. The van der Waals surface area contributed by atoms with Gasteiger partial charge in [-0.3, -0.25) is 4.79 Å². The van der Waals surface area contributed by atoms with E-state index in [9.17, 15) is 9.59 Å². The highest BCUT2D eigenvalue weighted by Crippen LogP contribution is 2.25. The SMILES string of the molecule is CC.CC.CCOC(=O)C1NC(=O)c2c(C)ccn2C1OCC. The number of esters is 1. The lowest BCUT2D eigenvalue weighted by Crippen LogP contribution is -2.53. The van der Waals surface area contributed by atoms with Crippen LogP contribution in [0.3, 0.4) is 0 Å². The number of carbonyl (C=O) groups excluding carboxylic acids is 2. The molecule has 2 atom stereocenters. The second-order valence-electron chi connectivity index (χ2n) is 4.30. The van der Waals surface area contributed by atoms with Crippen LogP contribution < -0.4 is 5.32 Å². The molecule has 0 saturated heterocycles. The lowest BCUT2D eigenvalue weighted by Gasteiger charge is -2.32. The molecule has 1 aromatic rings. The maximum Gasteiger partial charge on any atom is 0.333 e. The normalized spacial score (nSPS) is 18.5. The number of aromatic nitrogens is 1. The Hall–Kier alpha value is -1.82. The summed E-state index contributed by atoms with van der Waals surface area (Å²) in [5.41, 5.74) is 1.38. The fourth-order valence-corrected chi connectivity index (χ4v) is 2.25. The van der Waals surface area contributed by atoms with Gasteiger partial charge in [0.2, 0.25) is 0 Å². The fraction of sp³-hybridized carbons (Fsp3) is 0.647. The number of fused-ring (bicyclic) bond motifs is 1. The number of nitrogens with zero attached hydrogens (tertiary/aromatic N) is 1. The van der Waals surface area contributed by atoms with Crippen LogP contribution in [0, 0.1) is 6.92 Å². The standard InChI is InChI=1S/C13H18N2O4.2C2H6/c1-4-18-12-9(13(17)19-5-2)14-11(16)10-8(3)6-7-15(10)12;2*1-2/h6-7,9,12H,4-5H2,1-3H3,(H,14,16);2*1-2H3. The van der Waals surface area contributed by atoms with Gasteiger partial charge >= 0.3 is 5.97 Å². The van der Waals surface area contributed by atoms with Gasteiger partial charge in [0.25, 0.3) is 5.91 Å². The Morgan fingerprint density at radius 1 is 1.22 bits per heavy atom. The Labute approximate surface area is 139 Å². The molecule has 2 heterocycles. The Bertz CT molecular complexity index is 497. The Kier molecular flexibility index (Phi) is 9.97. The van der Waals surface area contributed by atoms with Crippen molar-refractivity contribution in [3.8, 4) is 0 Å². The molecule has 6 heteroatoms. The van der Waals surface area contributed by atoms with Gasteiger partial charge in [0, 0.05) is 12.8 Å². The average molecular weight is 326 g/mol. The van der Waals surface area contributed by atoms with E-state index in [0.717, 1.165) is 5.56 Å². The first-order valence-corrected chi connectivity index (χ1v) is 8.36. The third-order valence-corrected chi connectivity index (χ3v) is 3.06. The third-order valence-electron chi connectivity index (χ3n) is 3.06. The first-order valence-electron chi connectivity index (χ1n) is 8.36. The van der Waals surface area contributed by atoms with E-state index >= 15 is 0 Å². The van der Waals surface area contributed by atoms with E-state index in [2.05, 4.69) is 5.32 Å². The van der Waals surface area contributed by atoms with Crippen molar-refractivity contribution in [2.45, 2.75) is 60.7 Å². The summed E-state index contributed by atoms with van der Waals surface area (Å²) in [6, 6.07) is 1.01. The number of aryl methyl sites for hydroxylation is 1. The van der Waals surface area contributed by atoms with E-state index in [-0.39, 0.29) is 12.5 Å². The molecule has 0 aliphatic carbocycles. The summed E-state index contributed by atoms with van der Waals surface area (Å²) in [6.45, 7) is 14.1. The predicted octanol–water partition coefficient (Wildman–Crippen LogP) is 3.06. The van der Waals surface area contributed by atoms with Crippen LogP contribution in [0.25, 0.3) is 0 Å². The number of rotatable bonds is 4. The molecule has 2 rings (SSSR count). The van der Waals surface area contributed by atoms with Gasteiger partial charge in [-0.15, -0.1) is 0 Å². The summed E-state index contributed by atoms with van der Waals surface area (Å²) < 4.78 is 12.3. The maximum absolute atomic E-state index is 12.0. The highest BCUT2D eigenvalue weighted by atomic mass is 16.5. The van der Waals surface area contributed by atoms with Gasteiger partial charge < -0.3 is 19.4 Å². The second kappa shape index (κ2) is 10.8. The van der Waals surface area contributed by atoms with Crippen LogP contribution in [0.2, 0.25) is 0 Å². The highest BCUT2D eigenvalue weighted by molar-refractivity contribution is 5.98. The van der Waals surface area contributed by atoms with Crippen LogP contribution in [-0.4, -0.2) is 35.7 Å². The summed E-state index contributed by atoms with van der Waals surface area (Å²) in [5, 5.41) is 2.66. The smallest absolute Gasteiger partial charge is 0.333 e. The van der Waals surface area contributed by atoms with Gasteiger partial charge in [-0.2, -0.15) is 0 Å². The molecule has 0 bridgehead atoms. The van der Waals surface area contributed by atoms with Gasteiger partial charge in [0.05, 0.1) is 6.61 Å². The molecular weight excluding hydrogens is 296 g/mol. The predicted molar refractivity (Wildman–Crippen MR) is 90.4 cm³/mol. The van der Waals surface area contributed by atoms with Crippen molar-refractivity contribution in [3.05, 3.63) is 23.5 Å². The number of hydrogen-bond donors (Lipinski definition) is 1. The van der Waals surface area contributed by atoms with Crippen molar-refractivity contribution < 1.29 is 19.1 Å². The summed E-state index contributed by atoms with van der Waals surface area (Å²) in [4.78, 5) is 24.0. The minimum Gasteiger partial charge on any atom is -0.464 e. The molecule has 6 nitrogen and oxygen atoms in total. The Morgan fingerprint density at radius 2 is 1.83 bits per heavy atom. The molecule has 0 spiro atoms. The number of nitrogens with one attached hydrogen (secondary N) is 1. The molecule has 0 aromatic carbocycles. The van der Waals surface area contributed by atoms with Crippen LogP contribution in [-0.2, 0) is 14.3 Å². The van der Waals surface area contributed by atoms with Crippen LogP contribution in [0.5, 0.6) is 0 Å². The molecule has 0 radical (unpaired) electrons. The third kappa shape index (κ3) is 4.82. The Balaban J connectivity index is 0.00000112. The van der Waals surface area contributed by atoms with Gasteiger partial charge in [-0.1, -0.05) is 27.7 Å². The Morgan fingerprint density at radius 3 is 2.35 bits per heavy atom. The molecule has 0 saturated carbocycles. The second-order valence-corrected chi connectivity index (χ2v) is 4.30. The van der Waals surface area contributed by atoms with Crippen LogP contribution in [0.1, 0.15) is 63.8 Å². The minimum absolute atomic E-state index is 0.265. The fourth-order valence-electron chi connectivity index (χ4n) is 2.25. The zero-order valence-corrected chi connectivity index (χ0v) is 15.3. The van der Waals surface area contributed by atoms with Crippen molar-refractivity contribution >= 4 is 11.9 Å². The van der Waals surface area contributed by atoms with Gasteiger partial charge in [-0.25, -0.2) is 4.79 Å². The average Bonchev–Trinajstić information content (AvgIpc) is 2.96. The van der Waals surface area contributed by atoms with Crippen molar-refractivity contribution in [2.75, 3.05) is 13.2 Å². The molecule has 1 aliphatic heterocycles. The van der Waals surface area contributed by atoms with E-state index in [0.29, 0.717) is 12.3 Å². The van der Waals surface area contributed by atoms with Gasteiger partial charge in [0.1, 0.15) is 5.69 Å². The lowest BCUT2D eigenvalue weighted by atomic mass is 10.1. The summed E-state index contributed by atoms with van der Waals surface area (Å²) in [5.74, 6) is -0.761. The summed E-state index contributed by atoms with van der Waals surface area (Å²) in [7, 11) is 0. The topological polar surface area (TPSA) is 69.6 Å². The first-order chi connectivity index (χ1) is 11.1. The van der Waals surface area contributed by atoms with Crippen molar-refractivity contribution in [1.29, 1.82) is 0 Å². The van der Waals surface area contributed by atoms with Crippen LogP contribution in [0.4, 0.5) is 0 Å². The number of amides is 1. The zero-order chi connectivity index (χ0) is 18.0. The molecule has 0 fully saturated rings. The lowest BCUT2D eigenvalue weighted by molar-refractivity contribution is -0.153.